The molecule has 2 rings (SSSR count). The Bertz CT molecular complexity index is 745. The molecular weight excluding hydrogens is 346 g/mol. The van der Waals surface area contributed by atoms with Crippen LogP contribution in [0.25, 0.3) is 0 Å². The van der Waals surface area contributed by atoms with Crippen LogP contribution in [0.5, 0.6) is 0 Å². The molecule has 27 heavy (non-hydrogen) atoms. The van der Waals surface area contributed by atoms with Crippen molar-refractivity contribution < 1.29 is 18.7 Å². The van der Waals surface area contributed by atoms with Crippen molar-refractivity contribution in [2.75, 3.05) is 6.61 Å². The largest absolute Gasteiger partial charge is 0.464 e. The number of amides is 1. The maximum absolute atomic E-state index is 12.5. The number of nitrogens with two attached hydrogens (primary N) is 1. The van der Waals surface area contributed by atoms with Gasteiger partial charge in [0.15, 0.2) is 5.69 Å². The van der Waals surface area contributed by atoms with E-state index in [4.69, 9.17) is 14.9 Å². The fourth-order valence-corrected chi connectivity index (χ4v) is 2.56. The third-order valence-electron chi connectivity index (χ3n) is 4.46. The first-order valence-electron chi connectivity index (χ1n) is 9.18. The van der Waals surface area contributed by atoms with Crippen LogP contribution in [0.15, 0.2) is 41.0 Å². The fourth-order valence-electron chi connectivity index (χ4n) is 2.56. The molecule has 0 radical (unpaired) electrons. The Morgan fingerprint density at radius 2 is 1.96 bits per heavy atom. The molecule has 7 heteroatoms. The van der Waals surface area contributed by atoms with Crippen molar-refractivity contribution in [2.45, 2.75) is 45.7 Å². The summed E-state index contributed by atoms with van der Waals surface area (Å²) >= 11 is 0. The normalized spacial score (nSPS) is 14.2. The number of carbonyl (C=O) groups excluding carboxylic acids is 2. The number of hydrogen-bond acceptors (Lipinski definition) is 6. The fraction of sp³-hybridized carbons (Fsp3) is 0.450. The molecule has 1 heterocycles. The lowest BCUT2D eigenvalue weighted by molar-refractivity contribution is -0.145. The molecule has 146 valence electrons. The first kappa shape index (κ1) is 20.6. The van der Waals surface area contributed by atoms with Crippen LogP contribution in [0.3, 0.4) is 0 Å². The van der Waals surface area contributed by atoms with Crippen molar-refractivity contribution in [3.8, 4) is 0 Å². The molecule has 0 fully saturated rings. The van der Waals surface area contributed by atoms with Crippen molar-refractivity contribution in [2.24, 2.45) is 11.7 Å². The highest BCUT2D eigenvalue weighted by molar-refractivity contribution is 5.95. The molecule has 0 saturated carbocycles. The van der Waals surface area contributed by atoms with E-state index in [-0.39, 0.29) is 24.3 Å². The Morgan fingerprint density at radius 1 is 1.26 bits per heavy atom. The maximum atomic E-state index is 12.5. The van der Waals surface area contributed by atoms with Crippen LogP contribution in [0.2, 0.25) is 0 Å². The second-order valence-electron chi connectivity index (χ2n) is 6.45. The van der Waals surface area contributed by atoms with Crippen LogP contribution < -0.4 is 11.1 Å². The summed E-state index contributed by atoms with van der Waals surface area (Å²) in [7, 11) is 0. The molecular formula is C20H27N3O4. The van der Waals surface area contributed by atoms with E-state index in [1.807, 2.05) is 44.2 Å². The Balaban J connectivity index is 2.11. The Labute approximate surface area is 159 Å². The average Bonchev–Trinajstić information content (AvgIpc) is 3.17. The highest BCUT2D eigenvalue weighted by Crippen LogP contribution is 2.21. The predicted octanol–water partition coefficient (Wildman–Crippen LogP) is 2.62. The van der Waals surface area contributed by atoms with Gasteiger partial charge in [-0.15, -0.1) is 0 Å². The highest BCUT2D eigenvalue weighted by atomic mass is 16.5. The highest BCUT2D eigenvalue weighted by Gasteiger charge is 2.26. The molecule has 3 N–H and O–H groups in total. The molecule has 3 atom stereocenters. The van der Waals surface area contributed by atoms with E-state index in [0.29, 0.717) is 12.3 Å². The molecule has 7 nitrogen and oxygen atoms in total. The van der Waals surface area contributed by atoms with Gasteiger partial charge in [-0.2, -0.15) is 0 Å². The molecule has 3 unspecified atom stereocenters. The summed E-state index contributed by atoms with van der Waals surface area (Å²) in [5.74, 6) is -0.514. The topological polar surface area (TPSA) is 107 Å². The van der Waals surface area contributed by atoms with E-state index in [2.05, 4.69) is 10.3 Å². The van der Waals surface area contributed by atoms with E-state index < -0.39 is 17.9 Å². The maximum Gasteiger partial charge on any atom is 0.328 e. The minimum atomic E-state index is -0.816. The van der Waals surface area contributed by atoms with Gasteiger partial charge in [-0.25, -0.2) is 9.78 Å². The van der Waals surface area contributed by atoms with Crippen molar-refractivity contribution in [3.63, 3.8) is 0 Å². The number of esters is 1. The number of rotatable bonds is 9. The summed E-state index contributed by atoms with van der Waals surface area (Å²) < 4.78 is 10.5. The number of hydrogen-bond donors (Lipinski definition) is 2. The summed E-state index contributed by atoms with van der Waals surface area (Å²) in [6.45, 7) is 5.97. The second kappa shape index (κ2) is 9.87. The number of oxazole rings is 1. The summed E-state index contributed by atoms with van der Waals surface area (Å²) in [5, 5.41) is 2.69. The van der Waals surface area contributed by atoms with Gasteiger partial charge in [0.2, 0.25) is 5.89 Å². The van der Waals surface area contributed by atoms with Gasteiger partial charge in [-0.05, 0) is 18.4 Å². The second-order valence-corrected chi connectivity index (χ2v) is 6.45. The van der Waals surface area contributed by atoms with E-state index in [0.717, 1.165) is 12.0 Å². The van der Waals surface area contributed by atoms with Gasteiger partial charge >= 0.3 is 5.97 Å². The van der Waals surface area contributed by atoms with Crippen LogP contribution in [-0.4, -0.2) is 29.5 Å². The zero-order valence-electron chi connectivity index (χ0n) is 16.0. The Kier molecular flexibility index (Phi) is 7.55. The lowest BCUT2D eigenvalue weighted by atomic mass is 10.0. The van der Waals surface area contributed by atoms with Gasteiger partial charge in [-0.3, -0.25) is 4.79 Å². The third-order valence-corrected chi connectivity index (χ3v) is 4.46. The van der Waals surface area contributed by atoms with Gasteiger partial charge in [0, 0.05) is 6.42 Å². The standard InChI is InChI=1S/C20H27N3O4/c1-4-13(3)17(21)19-23-16(12-27-19)18(24)22-15(20(25)26-5-2)11-14-9-7-6-8-10-14/h6-10,12-13,15,17H,4-5,11,21H2,1-3H3,(H,22,24). The van der Waals surface area contributed by atoms with E-state index in [9.17, 15) is 9.59 Å². The third kappa shape index (κ3) is 5.65. The Morgan fingerprint density at radius 3 is 2.59 bits per heavy atom. The van der Waals surface area contributed by atoms with Crippen molar-refractivity contribution in [3.05, 3.63) is 53.7 Å². The molecule has 0 aliphatic carbocycles. The van der Waals surface area contributed by atoms with Crippen LogP contribution in [0, 0.1) is 5.92 Å². The molecule has 0 bridgehead atoms. The minimum absolute atomic E-state index is 0.0890. The number of nitrogens with zero attached hydrogens (tertiary/aromatic N) is 1. The summed E-state index contributed by atoms with van der Waals surface area (Å²) in [5.41, 5.74) is 7.09. The van der Waals surface area contributed by atoms with E-state index >= 15 is 0 Å². The smallest absolute Gasteiger partial charge is 0.328 e. The molecule has 0 spiro atoms. The first-order valence-corrected chi connectivity index (χ1v) is 9.18. The number of carbonyl (C=O) groups is 2. The summed E-state index contributed by atoms with van der Waals surface area (Å²) in [4.78, 5) is 29.0. The zero-order chi connectivity index (χ0) is 19.8. The average molecular weight is 373 g/mol. The van der Waals surface area contributed by atoms with Crippen molar-refractivity contribution in [1.29, 1.82) is 0 Å². The summed E-state index contributed by atoms with van der Waals surface area (Å²) in [6.07, 6.45) is 2.45. The summed E-state index contributed by atoms with van der Waals surface area (Å²) in [6, 6.07) is 8.21. The number of ether oxygens (including phenoxy) is 1. The molecule has 0 aliphatic heterocycles. The van der Waals surface area contributed by atoms with Gasteiger partial charge in [0.05, 0.1) is 12.6 Å². The molecule has 0 aliphatic rings. The van der Waals surface area contributed by atoms with Gasteiger partial charge in [0.1, 0.15) is 12.3 Å². The van der Waals surface area contributed by atoms with Gasteiger partial charge in [0.25, 0.3) is 5.91 Å². The van der Waals surface area contributed by atoms with E-state index in [1.165, 1.54) is 6.26 Å². The monoisotopic (exact) mass is 373 g/mol. The van der Waals surface area contributed by atoms with Crippen LogP contribution in [0.4, 0.5) is 0 Å². The molecule has 1 aromatic carbocycles. The first-order chi connectivity index (χ1) is 13.0. The van der Waals surface area contributed by atoms with Crippen LogP contribution >= 0.6 is 0 Å². The SMILES string of the molecule is CCOC(=O)C(Cc1ccccc1)NC(=O)c1coc(C(N)C(C)CC)n1. The molecule has 1 aromatic heterocycles. The minimum Gasteiger partial charge on any atom is -0.464 e. The van der Waals surface area contributed by atoms with E-state index in [1.54, 1.807) is 6.92 Å². The molecule has 0 saturated heterocycles. The van der Waals surface area contributed by atoms with Crippen molar-refractivity contribution >= 4 is 11.9 Å². The predicted molar refractivity (Wildman–Crippen MR) is 101 cm³/mol. The van der Waals surface area contributed by atoms with Crippen LogP contribution in [-0.2, 0) is 16.0 Å². The quantitative estimate of drug-likeness (QED) is 0.654. The van der Waals surface area contributed by atoms with Crippen molar-refractivity contribution in [1.82, 2.24) is 10.3 Å². The number of nitrogens with one attached hydrogen (secondary N) is 1. The number of aromatic nitrogens is 1. The molecule has 1 amide bonds. The van der Waals surface area contributed by atoms with Gasteiger partial charge in [-0.1, -0.05) is 50.6 Å². The zero-order valence-corrected chi connectivity index (χ0v) is 16.0. The molecule has 2 aromatic rings. The number of benzene rings is 1. The van der Waals surface area contributed by atoms with Crippen LogP contribution in [0.1, 0.15) is 55.2 Å². The lowest BCUT2D eigenvalue weighted by Gasteiger charge is -2.17. The lowest BCUT2D eigenvalue weighted by Crippen LogP contribution is -2.43. The Hall–Kier alpha value is -2.67. The van der Waals surface area contributed by atoms with Gasteiger partial charge < -0.3 is 20.2 Å².